The van der Waals surface area contributed by atoms with Crippen LogP contribution in [0.3, 0.4) is 0 Å². The van der Waals surface area contributed by atoms with Crippen LogP contribution < -0.4 is 34.3 Å². The summed E-state index contributed by atoms with van der Waals surface area (Å²) in [6, 6.07) is 6.45. The summed E-state index contributed by atoms with van der Waals surface area (Å²) in [5.41, 5.74) is 2.58. The number of hydrogen-bond donors (Lipinski definition) is 0. The van der Waals surface area contributed by atoms with Crippen LogP contribution in [0.4, 0.5) is 0 Å². The second-order valence-corrected chi connectivity index (χ2v) is 10.7. The van der Waals surface area contributed by atoms with Gasteiger partial charge in [0.15, 0.2) is 0 Å². The molecule has 0 aliphatic carbocycles. The van der Waals surface area contributed by atoms with Crippen LogP contribution in [0.25, 0.3) is 0 Å². The molecule has 0 heterocycles. The zero-order valence-corrected chi connectivity index (χ0v) is 24.0. The van der Waals surface area contributed by atoms with Gasteiger partial charge < -0.3 is 9.29 Å². The molecule has 4 nitrogen and oxygen atoms in total. The first-order valence-corrected chi connectivity index (χ1v) is 14.0. The van der Waals surface area contributed by atoms with Crippen molar-refractivity contribution in [1.82, 2.24) is 0 Å². The molecular weight excluding hydrogens is 431 g/mol. The Morgan fingerprint density at radius 2 is 1.38 bits per heavy atom. The predicted octanol–water partition coefficient (Wildman–Crippen LogP) is 4.20. The summed E-state index contributed by atoms with van der Waals surface area (Å²) in [4.78, 5) is 0. The molecule has 0 saturated heterocycles. The maximum atomic E-state index is 11.1. The minimum atomic E-state index is -4.25. The van der Waals surface area contributed by atoms with Gasteiger partial charge in [-0.3, -0.25) is 0 Å². The molecule has 0 amide bonds. The van der Waals surface area contributed by atoms with Crippen LogP contribution >= 0.6 is 0 Å². The fraction of sp³-hybridized carbons (Fsp3) is 0.769. The van der Waals surface area contributed by atoms with Crippen molar-refractivity contribution in [3.8, 4) is 5.75 Å². The van der Waals surface area contributed by atoms with E-state index in [-0.39, 0.29) is 42.6 Å². The van der Waals surface area contributed by atoms with Gasteiger partial charge in [-0.2, -0.15) is 0 Å². The van der Waals surface area contributed by atoms with Crippen molar-refractivity contribution in [2.24, 2.45) is 0 Å². The second-order valence-electron chi connectivity index (χ2n) is 8.92. The Kier molecular flexibility index (Phi) is 19.2. The largest absolute Gasteiger partial charge is 1.00 e. The van der Waals surface area contributed by atoms with Crippen molar-refractivity contribution in [3.63, 3.8) is 0 Å². The molecule has 0 spiro atoms. The average molecular weight is 477 g/mol. The van der Waals surface area contributed by atoms with Crippen LogP contribution in [-0.4, -0.2) is 24.8 Å². The molecule has 0 radical (unpaired) electrons. The third kappa shape index (κ3) is 15.0. The van der Waals surface area contributed by atoms with E-state index in [1.807, 2.05) is 6.07 Å². The van der Waals surface area contributed by atoms with Crippen molar-refractivity contribution < 1.29 is 47.3 Å². The molecule has 0 aliphatic rings. The fourth-order valence-electron chi connectivity index (χ4n) is 3.81. The van der Waals surface area contributed by atoms with Gasteiger partial charge in [0.2, 0.25) is 0 Å². The van der Waals surface area contributed by atoms with E-state index >= 15 is 0 Å². The first-order chi connectivity index (χ1) is 14.9. The van der Waals surface area contributed by atoms with Crippen molar-refractivity contribution >= 4 is 10.1 Å². The number of unbranched alkanes of at least 4 members (excludes halogenated alkanes) is 10. The third-order valence-electron chi connectivity index (χ3n) is 6.02. The van der Waals surface area contributed by atoms with Crippen LogP contribution in [-0.2, 0) is 23.0 Å². The summed E-state index contributed by atoms with van der Waals surface area (Å²) >= 11 is 0. The van der Waals surface area contributed by atoms with E-state index in [4.69, 9.17) is 4.74 Å². The molecule has 1 aromatic rings. The number of ether oxygens (including phenoxy) is 1. The minimum Gasteiger partial charge on any atom is -0.748 e. The monoisotopic (exact) mass is 476 g/mol. The third-order valence-corrected chi connectivity index (χ3v) is 7.24. The van der Waals surface area contributed by atoms with E-state index in [0.717, 1.165) is 25.0 Å². The van der Waals surface area contributed by atoms with Gasteiger partial charge in [-0.15, -0.1) is 0 Å². The topological polar surface area (TPSA) is 66.4 Å². The molecular formula is C26H45NaO4S. The van der Waals surface area contributed by atoms with E-state index in [0.29, 0.717) is 0 Å². The molecule has 1 atom stereocenters. The Morgan fingerprint density at radius 1 is 0.844 bits per heavy atom. The maximum Gasteiger partial charge on any atom is 1.00 e. The Hall–Kier alpha value is -0.0700. The zero-order chi connectivity index (χ0) is 23.0. The molecule has 0 fully saturated rings. The molecule has 180 valence electrons. The van der Waals surface area contributed by atoms with Gasteiger partial charge in [0.05, 0.1) is 16.7 Å². The Morgan fingerprint density at radius 3 is 1.94 bits per heavy atom. The summed E-state index contributed by atoms with van der Waals surface area (Å²) in [5.74, 6) is 0.843. The van der Waals surface area contributed by atoms with E-state index in [2.05, 4.69) is 26.0 Å². The standard InChI is InChI=1S/C26H46O4S.Na/c1-4-6-8-10-12-14-16-24-18-19-26(30-21-20-23(3)31(27,28)29)25(22-24)17-15-13-11-9-7-5-2;/h18-19,22-23H,4-17,20-21H2,1-3H3,(H,27,28,29);/q;+1/p-1. The van der Waals surface area contributed by atoms with Crippen molar-refractivity contribution in [1.29, 1.82) is 0 Å². The number of hydrogen-bond acceptors (Lipinski definition) is 4. The molecule has 0 N–H and O–H groups in total. The van der Waals surface area contributed by atoms with E-state index < -0.39 is 15.4 Å². The number of benzene rings is 1. The van der Waals surface area contributed by atoms with Crippen molar-refractivity contribution in [3.05, 3.63) is 29.3 Å². The molecule has 0 saturated carbocycles. The quantitative estimate of drug-likeness (QED) is 0.171. The Labute approximate surface area is 220 Å². The summed E-state index contributed by atoms with van der Waals surface area (Å²) in [6.07, 6.45) is 17.6. The van der Waals surface area contributed by atoms with Crippen molar-refractivity contribution in [2.45, 2.75) is 122 Å². The average Bonchev–Trinajstić information content (AvgIpc) is 2.73. The second kappa shape index (κ2) is 19.3. The van der Waals surface area contributed by atoms with Gasteiger partial charge in [-0.05, 0) is 56.2 Å². The fourth-order valence-corrected chi connectivity index (χ4v) is 4.19. The van der Waals surface area contributed by atoms with Crippen LogP contribution in [0.2, 0.25) is 0 Å². The number of aryl methyl sites for hydroxylation is 2. The van der Waals surface area contributed by atoms with E-state index in [1.165, 1.54) is 88.7 Å². The summed E-state index contributed by atoms with van der Waals surface area (Å²) in [7, 11) is -4.25. The van der Waals surface area contributed by atoms with Gasteiger partial charge in [0, 0.05) is 5.25 Å². The van der Waals surface area contributed by atoms with Crippen molar-refractivity contribution in [2.75, 3.05) is 6.61 Å². The Bertz CT molecular complexity index is 691. The number of rotatable bonds is 19. The van der Waals surface area contributed by atoms with Crippen LogP contribution in [0.15, 0.2) is 18.2 Å². The zero-order valence-electron chi connectivity index (χ0n) is 21.2. The van der Waals surface area contributed by atoms with Crippen LogP contribution in [0.1, 0.15) is 115 Å². The summed E-state index contributed by atoms with van der Waals surface area (Å²) in [5, 5.41) is -0.915. The predicted molar refractivity (Wildman–Crippen MR) is 130 cm³/mol. The maximum absolute atomic E-state index is 11.1. The summed E-state index contributed by atoms with van der Waals surface area (Å²) in [6.45, 7) is 6.18. The molecule has 0 aromatic heterocycles. The van der Waals surface area contributed by atoms with Gasteiger partial charge in [-0.1, -0.05) is 90.2 Å². The van der Waals surface area contributed by atoms with Gasteiger partial charge in [-0.25, -0.2) is 8.42 Å². The van der Waals surface area contributed by atoms with Crippen LogP contribution in [0, 0.1) is 0 Å². The molecule has 0 aliphatic heterocycles. The molecule has 1 unspecified atom stereocenters. The Balaban J connectivity index is 0.00000961. The van der Waals surface area contributed by atoms with Gasteiger partial charge in [0.25, 0.3) is 0 Å². The molecule has 1 rings (SSSR count). The first-order valence-electron chi connectivity index (χ1n) is 12.6. The van der Waals surface area contributed by atoms with Gasteiger partial charge >= 0.3 is 29.6 Å². The van der Waals surface area contributed by atoms with E-state index in [9.17, 15) is 13.0 Å². The summed E-state index contributed by atoms with van der Waals surface area (Å²) < 4.78 is 39.2. The van der Waals surface area contributed by atoms with E-state index in [1.54, 1.807) is 0 Å². The molecule has 1 aromatic carbocycles. The molecule has 32 heavy (non-hydrogen) atoms. The molecule has 6 heteroatoms. The smallest absolute Gasteiger partial charge is 0.748 e. The molecule has 0 bridgehead atoms. The minimum absolute atomic E-state index is 0. The van der Waals surface area contributed by atoms with Crippen LogP contribution in [0.5, 0.6) is 5.75 Å². The first kappa shape index (κ1) is 31.9. The normalized spacial score (nSPS) is 12.4. The van der Waals surface area contributed by atoms with Gasteiger partial charge in [0.1, 0.15) is 5.75 Å². The SMILES string of the molecule is CCCCCCCCc1ccc(OCCC(C)S(=O)(=O)[O-])c(CCCCCCCC)c1.[Na+].